The first-order valence-corrected chi connectivity index (χ1v) is 9.68. The molecule has 0 aliphatic heterocycles. The summed E-state index contributed by atoms with van der Waals surface area (Å²) in [5.41, 5.74) is 2.05. The van der Waals surface area contributed by atoms with Gasteiger partial charge in [0, 0.05) is 15.6 Å². The zero-order valence-corrected chi connectivity index (χ0v) is 14.8. The van der Waals surface area contributed by atoms with Crippen LogP contribution in [0, 0.1) is 0 Å². The van der Waals surface area contributed by atoms with Gasteiger partial charge in [0.25, 0.3) is 5.91 Å². The van der Waals surface area contributed by atoms with E-state index in [1.807, 2.05) is 30.5 Å². The Morgan fingerprint density at radius 2 is 1.91 bits per heavy atom. The number of thioether (sulfide) groups is 1. The number of carbonyl (C=O) groups is 1. The van der Waals surface area contributed by atoms with Crippen LogP contribution in [-0.4, -0.2) is 18.2 Å². The van der Waals surface area contributed by atoms with Crippen molar-refractivity contribution >= 4 is 39.1 Å². The molecule has 0 radical (unpaired) electrons. The molecule has 1 amide bonds. The molecule has 3 rings (SSSR count). The summed E-state index contributed by atoms with van der Waals surface area (Å²) < 4.78 is 1.30. The van der Waals surface area contributed by atoms with E-state index in [1.165, 1.54) is 15.6 Å². The molecule has 0 fully saturated rings. The second-order valence-electron chi connectivity index (χ2n) is 5.54. The predicted octanol–water partition coefficient (Wildman–Crippen LogP) is 4.98. The third-order valence-electron chi connectivity index (χ3n) is 3.82. The van der Waals surface area contributed by atoms with Crippen LogP contribution < -0.4 is 5.32 Å². The van der Waals surface area contributed by atoms with Gasteiger partial charge in [0.05, 0.1) is 5.56 Å². The van der Waals surface area contributed by atoms with E-state index in [0.717, 1.165) is 16.9 Å². The van der Waals surface area contributed by atoms with Gasteiger partial charge in [0.15, 0.2) is 0 Å². The number of thiophene rings is 1. The molecule has 0 bridgehead atoms. The van der Waals surface area contributed by atoms with Crippen LogP contribution in [0.4, 0.5) is 0 Å². The largest absolute Gasteiger partial charge is 0.349 e. The van der Waals surface area contributed by atoms with Crippen LogP contribution in [0.3, 0.4) is 0 Å². The van der Waals surface area contributed by atoms with Crippen LogP contribution in [0.25, 0.3) is 10.1 Å². The normalized spacial score (nSPS) is 12.3. The Morgan fingerprint density at radius 3 is 2.74 bits per heavy atom. The number of hydrogen-bond donors (Lipinski definition) is 1. The van der Waals surface area contributed by atoms with Gasteiger partial charge >= 0.3 is 0 Å². The third kappa shape index (κ3) is 3.59. The van der Waals surface area contributed by atoms with E-state index >= 15 is 0 Å². The van der Waals surface area contributed by atoms with Crippen molar-refractivity contribution in [2.75, 3.05) is 6.26 Å². The lowest BCUT2D eigenvalue weighted by atomic mass is 10.1. The summed E-state index contributed by atoms with van der Waals surface area (Å²) in [6.07, 6.45) is 2.84. The Kier molecular flexibility index (Phi) is 5.03. The smallest absolute Gasteiger partial charge is 0.252 e. The first-order valence-electron chi connectivity index (χ1n) is 7.58. The molecule has 0 saturated carbocycles. The van der Waals surface area contributed by atoms with Crippen LogP contribution in [0.2, 0.25) is 0 Å². The molecule has 1 N–H and O–H groups in total. The van der Waals surface area contributed by atoms with Gasteiger partial charge in [0.1, 0.15) is 0 Å². The summed E-state index contributed by atoms with van der Waals surface area (Å²) in [5, 5.41) is 6.62. The van der Waals surface area contributed by atoms with Gasteiger partial charge in [-0.25, -0.2) is 0 Å². The van der Waals surface area contributed by atoms with Crippen LogP contribution in [0.5, 0.6) is 0 Å². The molecule has 0 aliphatic rings. The second-order valence-corrected chi connectivity index (χ2v) is 7.30. The highest BCUT2D eigenvalue weighted by molar-refractivity contribution is 7.98. The number of nitrogens with one attached hydrogen (secondary N) is 1. The topological polar surface area (TPSA) is 29.1 Å². The van der Waals surface area contributed by atoms with E-state index in [1.54, 1.807) is 23.1 Å². The molecule has 2 nitrogen and oxygen atoms in total. The maximum atomic E-state index is 12.5. The highest BCUT2D eigenvalue weighted by Crippen LogP contribution is 2.26. The van der Waals surface area contributed by atoms with Crippen LogP contribution >= 0.6 is 23.1 Å². The first-order chi connectivity index (χ1) is 11.2. The molecule has 2 aromatic carbocycles. The first kappa shape index (κ1) is 16.1. The van der Waals surface area contributed by atoms with Crippen molar-refractivity contribution in [3.63, 3.8) is 0 Å². The zero-order chi connectivity index (χ0) is 16.2. The van der Waals surface area contributed by atoms with Gasteiger partial charge in [-0.05, 0) is 54.1 Å². The summed E-state index contributed by atoms with van der Waals surface area (Å²) in [6, 6.07) is 16.2. The minimum absolute atomic E-state index is 0.00184. The van der Waals surface area contributed by atoms with Crippen molar-refractivity contribution < 1.29 is 4.79 Å². The Morgan fingerprint density at radius 1 is 1.17 bits per heavy atom. The van der Waals surface area contributed by atoms with Crippen LogP contribution in [0.15, 0.2) is 58.8 Å². The number of amides is 1. The Bertz CT molecular complexity index is 825. The minimum Gasteiger partial charge on any atom is -0.349 e. The van der Waals surface area contributed by atoms with E-state index in [9.17, 15) is 4.79 Å². The lowest BCUT2D eigenvalue weighted by molar-refractivity contribution is 0.0937. The van der Waals surface area contributed by atoms with Gasteiger partial charge in [-0.3, -0.25) is 4.79 Å². The van der Waals surface area contributed by atoms with Crippen molar-refractivity contribution in [3.8, 4) is 0 Å². The second kappa shape index (κ2) is 7.20. The number of benzene rings is 2. The van der Waals surface area contributed by atoms with Crippen molar-refractivity contribution in [3.05, 3.63) is 65.0 Å². The third-order valence-corrected chi connectivity index (χ3v) is 5.62. The standard InChI is InChI=1S/C19H19NOS2/c1-13(11-14-12-23-18-10-6-3-7-15(14)18)20-19(21)16-8-4-5-9-17(16)22-2/h3-10,12-13H,11H2,1-2H3,(H,20,21). The maximum Gasteiger partial charge on any atom is 0.252 e. The van der Waals surface area contributed by atoms with Crippen molar-refractivity contribution in [2.45, 2.75) is 24.3 Å². The molecule has 4 heteroatoms. The summed E-state index contributed by atoms with van der Waals surface area (Å²) in [4.78, 5) is 13.5. The highest BCUT2D eigenvalue weighted by atomic mass is 32.2. The van der Waals surface area contributed by atoms with E-state index < -0.39 is 0 Å². The molecule has 1 heterocycles. The molecule has 1 aromatic heterocycles. The van der Waals surface area contributed by atoms with Gasteiger partial charge in [-0.15, -0.1) is 23.1 Å². The fraction of sp³-hybridized carbons (Fsp3) is 0.211. The lowest BCUT2D eigenvalue weighted by Crippen LogP contribution is -2.34. The molecule has 0 saturated heterocycles. The summed E-state index contributed by atoms with van der Waals surface area (Å²) in [6.45, 7) is 2.06. The van der Waals surface area contributed by atoms with E-state index in [4.69, 9.17) is 0 Å². The number of rotatable bonds is 5. The van der Waals surface area contributed by atoms with Gasteiger partial charge in [-0.2, -0.15) is 0 Å². The summed E-state index contributed by atoms with van der Waals surface area (Å²) >= 11 is 3.36. The van der Waals surface area contributed by atoms with Crippen LogP contribution in [-0.2, 0) is 6.42 Å². The SMILES string of the molecule is CSc1ccccc1C(=O)NC(C)Cc1csc2ccccc12. The molecule has 3 aromatic rings. The molecular formula is C19H19NOS2. The molecular weight excluding hydrogens is 322 g/mol. The number of fused-ring (bicyclic) bond motifs is 1. The van der Waals surface area contributed by atoms with Crippen molar-refractivity contribution in [2.24, 2.45) is 0 Å². The van der Waals surface area contributed by atoms with Crippen LogP contribution in [0.1, 0.15) is 22.8 Å². The summed E-state index contributed by atoms with van der Waals surface area (Å²) in [7, 11) is 0. The monoisotopic (exact) mass is 341 g/mol. The Labute approximate surface area is 144 Å². The highest BCUT2D eigenvalue weighted by Gasteiger charge is 2.14. The zero-order valence-electron chi connectivity index (χ0n) is 13.2. The number of hydrogen-bond acceptors (Lipinski definition) is 3. The average Bonchev–Trinajstić information content (AvgIpc) is 2.97. The van der Waals surface area contributed by atoms with Crippen molar-refractivity contribution in [1.29, 1.82) is 0 Å². The van der Waals surface area contributed by atoms with Gasteiger partial charge < -0.3 is 5.32 Å². The van der Waals surface area contributed by atoms with E-state index in [2.05, 4.69) is 41.9 Å². The summed E-state index contributed by atoms with van der Waals surface area (Å²) in [5.74, 6) is 0.00184. The van der Waals surface area contributed by atoms with Crippen molar-refractivity contribution in [1.82, 2.24) is 5.32 Å². The Balaban J connectivity index is 1.72. The molecule has 0 spiro atoms. The quantitative estimate of drug-likeness (QED) is 0.663. The molecule has 118 valence electrons. The number of carbonyl (C=O) groups excluding carboxylic acids is 1. The molecule has 23 heavy (non-hydrogen) atoms. The fourth-order valence-corrected chi connectivity index (χ4v) is 4.28. The molecule has 0 aliphatic carbocycles. The van der Waals surface area contributed by atoms with E-state index in [-0.39, 0.29) is 11.9 Å². The maximum absolute atomic E-state index is 12.5. The minimum atomic E-state index is 0.00184. The predicted molar refractivity (Wildman–Crippen MR) is 101 cm³/mol. The molecule has 1 atom stereocenters. The lowest BCUT2D eigenvalue weighted by Gasteiger charge is -2.15. The van der Waals surface area contributed by atoms with E-state index in [0.29, 0.717) is 0 Å². The Hall–Kier alpha value is -1.78. The molecule has 1 unspecified atom stereocenters. The van der Waals surface area contributed by atoms with Gasteiger partial charge in [0.2, 0.25) is 0 Å². The average molecular weight is 342 g/mol. The van der Waals surface area contributed by atoms with Gasteiger partial charge in [-0.1, -0.05) is 30.3 Å². The fourth-order valence-electron chi connectivity index (χ4n) is 2.71.